The quantitative estimate of drug-likeness (QED) is 0.147. The summed E-state index contributed by atoms with van der Waals surface area (Å²) in [6, 6.07) is 35.0. The molecule has 6 rings (SSSR count). The van der Waals surface area contributed by atoms with E-state index in [4.69, 9.17) is 14.6 Å². The Morgan fingerprint density at radius 2 is 1.42 bits per heavy atom. The van der Waals surface area contributed by atoms with Crippen LogP contribution in [-0.4, -0.2) is 70.7 Å². The molecule has 9 nitrogen and oxygen atoms in total. The second-order valence-corrected chi connectivity index (χ2v) is 13.3. The van der Waals surface area contributed by atoms with E-state index >= 15 is 0 Å². The predicted octanol–water partition coefficient (Wildman–Crippen LogP) is 6.08. The van der Waals surface area contributed by atoms with Gasteiger partial charge in [0.05, 0.1) is 18.8 Å². The fourth-order valence-electron chi connectivity index (χ4n) is 6.68. The summed E-state index contributed by atoms with van der Waals surface area (Å²) in [5.41, 5.74) is 7.30. The molecule has 2 heterocycles. The molecule has 0 aliphatic carbocycles. The van der Waals surface area contributed by atoms with Gasteiger partial charge in [-0.3, -0.25) is 19.4 Å². The van der Waals surface area contributed by atoms with Gasteiger partial charge in [-0.1, -0.05) is 97.1 Å². The first-order chi connectivity index (χ1) is 24.4. The first-order valence-corrected chi connectivity index (χ1v) is 17.6. The largest absolute Gasteiger partial charge is 0.481 e. The molecular weight excluding hydrogens is 630 g/mol. The number of carbonyl (C=O) groups is 2. The van der Waals surface area contributed by atoms with Gasteiger partial charge in [-0.05, 0) is 45.9 Å². The van der Waals surface area contributed by atoms with E-state index in [1.165, 1.54) is 5.56 Å². The van der Waals surface area contributed by atoms with Crippen molar-refractivity contribution in [3.63, 3.8) is 0 Å². The molecule has 4 aromatic carbocycles. The van der Waals surface area contributed by atoms with E-state index < -0.39 is 12.3 Å². The summed E-state index contributed by atoms with van der Waals surface area (Å²) in [6.45, 7) is 6.24. The highest BCUT2D eigenvalue weighted by atomic mass is 16.7. The van der Waals surface area contributed by atoms with Gasteiger partial charge in [-0.2, -0.15) is 0 Å². The number of carbonyl (C=O) groups excluding carboxylic acids is 1. The number of nitrogens with zero attached hydrogens (tertiary/aromatic N) is 2. The van der Waals surface area contributed by atoms with Crippen molar-refractivity contribution in [1.82, 2.24) is 15.1 Å². The lowest BCUT2D eigenvalue weighted by atomic mass is 9.98. The number of carboxylic acid groups (broad SMARTS) is 1. The first-order valence-electron chi connectivity index (χ1n) is 17.6. The van der Waals surface area contributed by atoms with Crippen LogP contribution in [0.4, 0.5) is 0 Å². The van der Waals surface area contributed by atoms with Crippen LogP contribution in [0.15, 0.2) is 103 Å². The Labute approximate surface area is 294 Å². The highest BCUT2D eigenvalue weighted by Gasteiger charge is 2.33. The van der Waals surface area contributed by atoms with Gasteiger partial charge in [0.1, 0.15) is 0 Å². The Morgan fingerprint density at radius 3 is 2.14 bits per heavy atom. The Hall–Kier alpha value is -4.38. The van der Waals surface area contributed by atoms with E-state index in [9.17, 15) is 14.7 Å². The number of aliphatic carboxylic acids is 1. The number of aliphatic hydroxyl groups is 1. The van der Waals surface area contributed by atoms with E-state index in [1.54, 1.807) is 0 Å². The molecular formula is C41H47N3O6. The molecule has 50 heavy (non-hydrogen) atoms. The molecule has 0 radical (unpaired) electrons. The van der Waals surface area contributed by atoms with Crippen molar-refractivity contribution in [2.75, 3.05) is 32.7 Å². The molecule has 2 saturated heterocycles. The second kappa shape index (κ2) is 17.5. The number of hydrogen-bond donors (Lipinski definition) is 3. The Bertz CT molecular complexity index is 1670. The van der Waals surface area contributed by atoms with E-state index in [-0.39, 0.29) is 37.6 Å². The summed E-state index contributed by atoms with van der Waals surface area (Å²) in [5, 5.41) is 21.3. The third-order valence-electron chi connectivity index (χ3n) is 9.52. The zero-order valence-corrected chi connectivity index (χ0v) is 28.5. The molecule has 2 aliphatic rings. The fraction of sp³-hybridized carbons (Fsp3) is 0.366. The van der Waals surface area contributed by atoms with Crippen molar-refractivity contribution in [2.24, 2.45) is 0 Å². The fourth-order valence-corrected chi connectivity index (χ4v) is 6.68. The zero-order chi connectivity index (χ0) is 34.7. The van der Waals surface area contributed by atoms with Crippen LogP contribution in [0.25, 0.3) is 11.1 Å². The number of benzene rings is 4. The molecule has 3 N–H and O–H groups in total. The second-order valence-electron chi connectivity index (χ2n) is 13.3. The van der Waals surface area contributed by atoms with Crippen molar-refractivity contribution in [3.05, 3.63) is 131 Å². The molecule has 3 atom stereocenters. The van der Waals surface area contributed by atoms with E-state index in [2.05, 4.69) is 75.8 Å². The molecule has 2 fully saturated rings. The van der Waals surface area contributed by atoms with Gasteiger partial charge in [-0.15, -0.1) is 0 Å². The monoisotopic (exact) mass is 677 g/mol. The van der Waals surface area contributed by atoms with Crippen molar-refractivity contribution in [3.8, 4) is 11.1 Å². The third-order valence-corrected chi connectivity index (χ3v) is 9.52. The van der Waals surface area contributed by atoms with Crippen molar-refractivity contribution >= 4 is 11.9 Å². The number of ether oxygens (including phenoxy) is 2. The summed E-state index contributed by atoms with van der Waals surface area (Å²) in [6.07, 6.45) is 0.592. The molecule has 262 valence electrons. The van der Waals surface area contributed by atoms with Crippen LogP contribution in [0, 0.1) is 0 Å². The maximum Gasteiger partial charge on any atom is 0.303 e. The molecule has 0 saturated carbocycles. The van der Waals surface area contributed by atoms with Crippen LogP contribution in [-0.2, 0) is 38.8 Å². The van der Waals surface area contributed by atoms with Crippen LogP contribution in [0.2, 0.25) is 0 Å². The molecule has 2 aliphatic heterocycles. The number of amides is 1. The van der Waals surface area contributed by atoms with Gasteiger partial charge >= 0.3 is 5.97 Å². The van der Waals surface area contributed by atoms with Gasteiger partial charge in [0.15, 0.2) is 6.29 Å². The Kier molecular flexibility index (Phi) is 12.4. The number of nitrogens with one attached hydrogen (secondary N) is 1. The van der Waals surface area contributed by atoms with Crippen LogP contribution < -0.4 is 5.32 Å². The summed E-state index contributed by atoms with van der Waals surface area (Å²) in [5.74, 6) is -1.05. The van der Waals surface area contributed by atoms with E-state index in [1.807, 2.05) is 42.5 Å². The lowest BCUT2D eigenvalue weighted by molar-refractivity contribution is -0.253. The molecule has 9 heteroatoms. The van der Waals surface area contributed by atoms with Crippen LogP contribution in [0.3, 0.4) is 0 Å². The number of hydrogen-bond acceptors (Lipinski definition) is 7. The number of carboxylic acids is 1. The molecule has 0 aromatic heterocycles. The highest BCUT2D eigenvalue weighted by Crippen LogP contribution is 2.39. The molecule has 1 amide bonds. The van der Waals surface area contributed by atoms with Crippen molar-refractivity contribution < 1.29 is 29.3 Å². The third kappa shape index (κ3) is 10.1. The minimum absolute atomic E-state index is 0.00682. The summed E-state index contributed by atoms with van der Waals surface area (Å²) in [4.78, 5) is 27.9. The van der Waals surface area contributed by atoms with Gasteiger partial charge in [-0.25, -0.2) is 0 Å². The van der Waals surface area contributed by atoms with Crippen molar-refractivity contribution in [1.29, 1.82) is 0 Å². The van der Waals surface area contributed by atoms with E-state index in [0.717, 1.165) is 79.1 Å². The number of rotatable bonds is 14. The summed E-state index contributed by atoms with van der Waals surface area (Å²) >= 11 is 0. The topological polar surface area (TPSA) is 112 Å². The van der Waals surface area contributed by atoms with E-state index in [0.29, 0.717) is 13.0 Å². The smallest absolute Gasteiger partial charge is 0.303 e. The van der Waals surface area contributed by atoms with Gasteiger partial charge < -0.3 is 25.0 Å². The highest BCUT2D eigenvalue weighted by molar-refractivity contribution is 5.76. The minimum Gasteiger partial charge on any atom is -0.481 e. The van der Waals surface area contributed by atoms with Crippen molar-refractivity contribution in [2.45, 2.75) is 63.9 Å². The van der Waals surface area contributed by atoms with Crippen LogP contribution in [0.5, 0.6) is 0 Å². The zero-order valence-electron chi connectivity index (χ0n) is 28.5. The lowest BCUT2D eigenvalue weighted by Gasteiger charge is -2.40. The molecule has 4 aromatic rings. The minimum atomic E-state index is -0.893. The Morgan fingerprint density at radius 1 is 0.720 bits per heavy atom. The molecule has 3 unspecified atom stereocenters. The maximum atomic E-state index is 12.2. The van der Waals surface area contributed by atoms with Crippen LogP contribution >= 0.6 is 0 Å². The van der Waals surface area contributed by atoms with Gasteiger partial charge in [0.2, 0.25) is 5.91 Å². The molecule has 0 bridgehead atoms. The maximum absolute atomic E-state index is 12.2. The number of piperazine rings is 1. The molecule has 0 spiro atoms. The van der Waals surface area contributed by atoms with Gasteiger partial charge in [0.25, 0.3) is 0 Å². The first kappa shape index (κ1) is 35.4. The summed E-state index contributed by atoms with van der Waals surface area (Å²) < 4.78 is 13.3. The number of aliphatic hydroxyl groups excluding tert-OH is 1. The lowest BCUT2D eigenvalue weighted by Crippen LogP contribution is -2.49. The normalized spacial score (nSPS) is 20.0. The summed E-state index contributed by atoms with van der Waals surface area (Å²) in [7, 11) is 0. The standard InChI is InChI=1S/C41H47N3O6/c45-29-31-12-14-34(15-13-31)38-25-37(28-44-22-20-43(21-23-44)27-30-6-2-1-3-7-30)49-41(50-38)35-18-16-33(17-19-35)36-9-4-8-32(24-36)26-42-39(46)10-5-11-40(47)48/h1-4,6-9,12-19,24,37-38,41,45H,5,10-11,20-23,25-29H2,(H,42,46)(H,47,48). The SMILES string of the molecule is O=C(O)CCCC(=O)NCc1cccc(-c2ccc(C3OC(CN4CCN(Cc5ccccc5)CC4)CC(c4ccc(CO)cc4)O3)cc2)c1. The predicted molar refractivity (Wildman–Crippen MR) is 192 cm³/mol. The van der Waals surface area contributed by atoms with Crippen LogP contribution in [0.1, 0.15) is 65.9 Å². The average Bonchev–Trinajstić information content (AvgIpc) is 3.15. The Balaban J connectivity index is 1.09. The van der Waals surface area contributed by atoms with Gasteiger partial charge in [0, 0.05) is 70.6 Å². The average molecular weight is 678 g/mol.